The van der Waals surface area contributed by atoms with Gasteiger partial charge in [0.05, 0.1) is 6.42 Å². The lowest BCUT2D eigenvalue weighted by Crippen LogP contribution is -2.21. The fourth-order valence-corrected chi connectivity index (χ4v) is 2.73. The Labute approximate surface area is 147 Å². The van der Waals surface area contributed by atoms with E-state index in [2.05, 4.69) is 15.5 Å². The highest BCUT2D eigenvalue weighted by atomic mass is 32.1. The van der Waals surface area contributed by atoms with Gasteiger partial charge in [-0.15, -0.1) is 16.4 Å². The second-order valence-electron chi connectivity index (χ2n) is 5.07. The van der Waals surface area contributed by atoms with Crippen LogP contribution in [0, 0.1) is 0 Å². The van der Waals surface area contributed by atoms with Gasteiger partial charge in [0, 0.05) is 10.4 Å². The molecule has 8 heteroatoms. The first-order chi connectivity index (χ1) is 12.2. The summed E-state index contributed by atoms with van der Waals surface area (Å²) in [5.74, 6) is -0.671. The number of anilines is 1. The summed E-state index contributed by atoms with van der Waals surface area (Å²) in [5.41, 5.74) is 0.746. The first kappa shape index (κ1) is 16.8. The Bertz CT molecular complexity index is 831. The Balaban J connectivity index is 1.43. The van der Waals surface area contributed by atoms with Crippen molar-refractivity contribution in [2.24, 2.45) is 0 Å². The van der Waals surface area contributed by atoms with E-state index in [1.807, 2.05) is 47.8 Å². The number of carbonyl (C=O) groups is 2. The number of nitrogens with one attached hydrogen (secondary N) is 1. The second-order valence-corrected chi connectivity index (χ2v) is 6.10. The van der Waals surface area contributed by atoms with Gasteiger partial charge >= 0.3 is 12.0 Å². The van der Waals surface area contributed by atoms with Crippen LogP contribution in [0.3, 0.4) is 0 Å². The third-order valence-electron chi connectivity index (χ3n) is 3.21. The molecule has 128 valence electrons. The molecule has 0 aliphatic rings. The average molecular weight is 357 g/mol. The van der Waals surface area contributed by atoms with Crippen molar-refractivity contribution in [2.75, 3.05) is 11.9 Å². The highest BCUT2D eigenvalue weighted by molar-refractivity contribution is 7.09. The van der Waals surface area contributed by atoms with E-state index in [-0.39, 0.29) is 12.4 Å². The Morgan fingerprint density at radius 1 is 1.12 bits per heavy atom. The summed E-state index contributed by atoms with van der Waals surface area (Å²) in [6, 6.07) is 13.0. The Morgan fingerprint density at radius 2 is 1.96 bits per heavy atom. The molecule has 1 aromatic carbocycles. The molecule has 2 aromatic heterocycles. The zero-order chi connectivity index (χ0) is 17.5. The number of nitrogens with zero attached hydrogens (tertiary/aromatic N) is 2. The molecule has 1 amide bonds. The standard InChI is InChI=1S/C17H15N3O4S/c21-14(11-23-15(22)9-8-13-7-4-10-25-13)18-17-20-19-16(24-17)12-5-2-1-3-6-12/h1-7,10H,8-9,11H2,(H,18,20,21). The fourth-order valence-electron chi connectivity index (χ4n) is 2.02. The molecule has 0 atom stereocenters. The largest absolute Gasteiger partial charge is 0.456 e. The van der Waals surface area contributed by atoms with Crippen LogP contribution in [0.4, 0.5) is 6.01 Å². The number of thiophene rings is 1. The topological polar surface area (TPSA) is 94.3 Å². The molecule has 0 radical (unpaired) electrons. The molecule has 0 saturated heterocycles. The van der Waals surface area contributed by atoms with Crippen molar-refractivity contribution in [1.82, 2.24) is 10.2 Å². The Kier molecular flexibility index (Phi) is 5.53. The van der Waals surface area contributed by atoms with E-state index >= 15 is 0 Å². The summed E-state index contributed by atoms with van der Waals surface area (Å²) in [6.45, 7) is -0.397. The molecular formula is C17H15N3O4S. The number of benzene rings is 1. The maximum Gasteiger partial charge on any atom is 0.322 e. The van der Waals surface area contributed by atoms with E-state index in [1.54, 1.807) is 11.3 Å². The zero-order valence-corrected chi connectivity index (χ0v) is 14.0. The summed E-state index contributed by atoms with van der Waals surface area (Å²) in [4.78, 5) is 24.5. The molecule has 0 unspecified atom stereocenters. The van der Waals surface area contributed by atoms with Crippen LogP contribution in [0.15, 0.2) is 52.3 Å². The summed E-state index contributed by atoms with van der Waals surface area (Å²) in [5, 5.41) is 11.9. The summed E-state index contributed by atoms with van der Waals surface area (Å²) < 4.78 is 10.3. The predicted octanol–water partition coefficient (Wildman–Crippen LogP) is 2.91. The molecule has 2 heterocycles. The van der Waals surface area contributed by atoms with Crippen molar-refractivity contribution in [1.29, 1.82) is 0 Å². The highest BCUT2D eigenvalue weighted by Crippen LogP contribution is 2.18. The van der Waals surface area contributed by atoms with Gasteiger partial charge in [-0.1, -0.05) is 29.4 Å². The lowest BCUT2D eigenvalue weighted by molar-refractivity contribution is -0.147. The Morgan fingerprint density at radius 3 is 2.72 bits per heavy atom. The first-order valence-electron chi connectivity index (χ1n) is 7.57. The molecule has 0 bridgehead atoms. The lowest BCUT2D eigenvalue weighted by Gasteiger charge is -2.03. The number of aryl methyl sites for hydroxylation is 1. The van der Waals surface area contributed by atoms with Crippen LogP contribution < -0.4 is 5.32 Å². The number of hydrogen-bond donors (Lipinski definition) is 1. The lowest BCUT2D eigenvalue weighted by atomic mass is 10.2. The normalized spacial score (nSPS) is 10.4. The summed E-state index contributed by atoms with van der Waals surface area (Å²) >= 11 is 1.58. The predicted molar refractivity (Wildman–Crippen MR) is 92.0 cm³/mol. The van der Waals surface area contributed by atoms with E-state index < -0.39 is 18.5 Å². The monoisotopic (exact) mass is 357 g/mol. The number of esters is 1. The number of carbonyl (C=O) groups excluding carboxylic acids is 2. The van der Waals surface area contributed by atoms with Crippen LogP contribution >= 0.6 is 11.3 Å². The van der Waals surface area contributed by atoms with Gasteiger partial charge in [-0.2, -0.15) is 0 Å². The maximum absolute atomic E-state index is 11.8. The number of amides is 1. The number of hydrogen-bond acceptors (Lipinski definition) is 7. The minimum Gasteiger partial charge on any atom is -0.456 e. The third kappa shape index (κ3) is 4.98. The molecule has 1 N–H and O–H groups in total. The minimum atomic E-state index is -0.535. The van der Waals surface area contributed by atoms with E-state index in [9.17, 15) is 9.59 Å². The zero-order valence-electron chi connectivity index (χ0n) is 13.2. The van der Waals surface area contributed by atoms with Crippen LogP contribution in [-0.2, 0) is 20.7 Å². The van der Waals surface area contributed by atoms with Gasteiger partial charge in [-0.05, 0) is 30.0 Å². The van der Waals surface area contributed by atoms with E-state index in [0.29, 0.717) is 12.3 Å². The molecule has 0 saturated carbocycles. The second kappa shape index (κ2) is 8.20. The number of ether oxygens (including phenoxy) is 1. The maximum atomic E-state index is 11.8. The molecule has 3 rings (SSSR count). The molecule has 7 nitrogen and oxygen atoms in total. The summed E-state index contributed by atoms with van der Waals surface area (Å²) in [7, 11) is 0. The highest BCUT2D eigenvalue weighted by Gasteiger charge is 2.13. The van der Waals surface area contributed by atoms with Crippen LogP contribution in [0.2, 0.25) is 0 Å². The van der Waals surface area contributed by atoms with Gasteiger partial charge in [0.1, 0.15) is 0 Å². The minimum absolute atomic E-state index is 0.0431. The van der Waals surface area contributed by atoms with E-state index in [0.717, 1.165) is 10.4 Å². The molecular weight excluding hydrogens is 342 g/mol. The SMILES string of the molecule is O=C(COC(=O)CCc1cccs1)Nc1nnc(-c2ccccc2)o1. The molecule has 0 aliphatic heterocycles. The van der Waals surface area contributed by atoms with Crippen molar-refractivity contribution < 1.29 is 18.7 Å². The van der Waals surface area contributed by atoms with Crippen molar-refractivity contribution in [3.05, 3.63) is 52.7 Å². The van der Waals surface area contributed by atoms with Crippen molar-refractivity contribution in [3.8, 4) is 11.5 Å². The van der Waals surface area contributed by atoms with Crippen LogP contribution in [-0.4, -0.2) is 28.7 Å². The van der Waals surface area contributed by atoms with Crippen molar-refractivity contribution in [2.45, 2.75) is 12.8 Å². The van der Waals surface area contributed by atoms with Crippen molar-refractivity contribution >= 4 is 29.2 Å². The van der Waals surface area contributed by atoms with Gasteiger partial charge < -0.3 is 9.15 Å². The molecule has 0 aliphatic carbocycles. The van der Waals surface area contributed by atoms with Crippen LogP contribution in [0.5, 0.6) is 0 Å². The first-order valence-corrected chi connectivity index (χ1v) is 8.45. The van der Waals surface area contributed by atoms with Gasteiger partial charge in [0.2, 0.25) is 5.89 Å². The average Bonchev–Trinajstić information content (AvgIpc) is 3.31. The molecule has 3 aromatic rings. The molecule has 25 heavy (non-hydrogen) atoms. The van der Waals surface area contributed by atoms with E-state index in [4.69, 9.17) is 9.15 Å². The van der Waals surface area contributed by atoms with Gasteiger partial charge in [0.15, 0.2) is 6.61 Å². The van der Waals surface area contributed by atoms with Crippen LogP contribution in [0.25, 0.3) is 11.5 Å². The fraction of sp³-hybridized carbons (Fsp3) is 0.176. The van der Waals surface area contributed by atoms with Gasteiger partial charge in [-0.25, -0.2) is 0 Å². The number of rotatable bonds is 7. The summed E-state index contributed by atoms with van der Waals surface area (Å²) in [6.07, 6.45) is 0.828. The molecule has 0 fully saturated rings. The quantitative estimate of drug-likeness (QED) is 0.653. The third-order valence-corrected chi connectivity index (χ3v) is 4.15. The van der Waals surface area contributed by atoms with Crippen molar-refractivity contribution in [3.63, 3.8) is 0 Å². The Hall–Kier alpha value is -3.00. The smallest absolute Gasteiger partial charge is 0.322 e. The van der Waals surface area contributed by atoms with Gasteiger partial charge in [0.25, 0.3) is 5.91 Å². The van der Waals surface area contributed by atoms with E-state index in [1.165, 1.54) is 0 Å². The van der Waals surface area contributed by atoms with Crippen LogP contribution in [0.1, 0.15) is 11.3 Å². The molecule has 0 spiro atoms. The number of aromatic nitrogens is 2. The van der Waals surface area contributed by atoms with Gasteiger partial charge in [-0.3, -0.25) is 14.9 Å².